The summed E-state index contributed by atoms with van der Waals surface area (Å²) in [7, 11) is 0. The van der Waals surface area contributed by atoms with Crippen LogP contribution in [0.1, 0.15) is 10.5 Å². The number of esters is 1. The fraction of sp³-hybridized carbons (Fsp3) is 0.294. The summed E-state index contributed by atoms with van der Waals surface area (Å²) in [6.07, 6.45) is 1.64. The number of rotatable bonds is 4. The average molecular weight is 313 g/mol. The van der Waals surface area contributed by atoms with Gasteiger partial charge >= 0.3 is 5.97 Å². The Labute approximate surface area is 134 Å². The predicted octanol–water partition coefficient (Wildman–Crippen LogP) is 1.52. The van der Waals surface area contributed by atoms with E-state index in [4.69, 9.17) is 4.74 Å². The third kappa shape index (κ3) is 3.71. The fourth-order valence-corrected chi connectivity index (χ4v) is 2.61. The van der Waals surface area contributed by atoms with E-state index in [1.165, 1.54) is 0 Å². The molecule has 23 heavy (non-hydrogen) atoms. The molecule has 1 aliphatic heterocycles. The number of benzene rings is 1. The number of para-hydroxylation sites is 1. The Morgan fingerprint density at radius 1 is 1.00 bits per heavy atom. The van der Waals surface area contributed by atoms with Crippen LogP contribution < -0.4 is 4.90 Å². The molecule has 120 valence electrons. The number of ether oxygens (including phenoxy) is 1. The van der Waals surface area contributed by atoms with Gasteiger partial charge < -0.3 is 19.5 Å². The molecule has 1 aliphatic rings. The minimum Gasteiger partial charge on any atom is -0.451 e. The molecule has 3 rings (SSSR count). The van der Waals surface area contributed by atoms with Gasteiger partial charge in [-0.05, 0) is 24.3 Å². The lowest BCUT2D eigenvalue weighted by Gasteiger charge is -2.36. The number of amides is 1. The van der Waals surface area contributed by atoms with Gasteiger partial charge in [0.2, 0.25) is 0 Å². The van der Waals surface area contributed by atoms with Crippen molar-refractivity contribution in [3.05, 3.63) is 54.4 Å². The standard InChI is InChI=1S/C17H19N3O3/c21-16(13-23-17(22)15-7-4-8-18-15)20-11-9-19(10-12-20)14-5-2-1-3-6-14/h1-8,18H,9-13H2. The van der Waals surface area contributed by atoms with Gasteiger partial charge in [-0.1, -0.05) is 18.2 Å². The van der Waals surface area contributed by atoms with Crippen LogP contribution in [-0.4, -0.2) is 54.5 Å². The lowest BCUT2D eigenvalue weighted by atomic mass is 10.2. The minimum atomic E-state index is -0.508. The van der Waals surface area contributed by atoms with Gasteiger partial charge in [-0.25, -0.2) is 4.79 Å². The summed E-state index contributed by atoms with van der Waals surface area (Å²) in [4.78, 5) is 30.6. The first-order chi connectivity index (χ1) is 11.2. The van der Waals surface area contributed by atoms with Crippen molar-refractivity contribution in [2.45, 2.75) is 0 Å². The zero-order valence-electron chi connectivity index (χ0n) is 12.8. The monoisotopic (exact) mass is 313 g/mol. The van der Waals surface area contributed by atoms with Crippen molar-refractivity contribution in [2.24, 2.45) is 0 Å². The molecule has 0 aliphatic carbocycles. The summed E-state index contributed by atoms with van der Waals surface area (Å²) in [5, 5.41) is 0. The number of aromatic nitrogens is 1. The molecular formula is C17H19N3O3. The second kappa shape index (κ2) is 7.00. The molecule has 6 heteroatoms. The summed E-state index contributed by atoms with van der Waals surface area (Å²) < 4.78 is 5.04. The van der Waals surface area contributed by atoms with Crippen molar-refractivity contribution in [3.63, 3.8) is 0 Å². The Balaban J connectivity index is 1.46. The molecule has 1 fully saturated rings. The minimum absolute atomic E-state index is 0.155. The van der Waals surface area contributed by atoms with Gasteiger partial charge in [-0.15, -0.1) is 0 Å². The molecule has 1 N–H and O–H groups in total. The molecular weight excluding hydrogens is 294 g/mol. The van der Waals surface area contributed by atoms with Crippen molar-refractivity contribution < 1.29 is 14.3 Å². The van der Waals surface area contributed by atoms with Crippen LogP contribution >= 0.6 is 0 Å². The predicted molar refractivity (Wildman–Crippen MR) is 86.3 cm³/mol. The van der Waals surface area contributed by atoms with E-state index in [0.717, 1.165) is 18.8 Å². The number of H-pyrrole nitrogens is 1. The van der Waals surface area contributed by atoms with E-state index >= 15 is 0 Å². The Hall–Kier alpha value is -2.76. The van der Waals surface area contributed by atoms with E-state index in [2.05, 4.69) is 22.0 Å². The number of nitrogens with zero attached hydrogens (tertiary/aromatic N) is 2. The van der Waals surface area contributed by atoms with Crippen LogP contribution in [-0.2, 0) is 9.53 Å². The molecule has 2 heterocycles. The molecule has 0 radical (unpaired) electrons. The second-order valence-electron chi connectivity index (χ2n) is 5.36. The molecule has 2 aromatic rings. The molecule has 0 spiro atoms. The van der Waals surface area contributed by atoms with Crippen LogP contribution in [0, 0.1) is 0 Å². The van der Waals surface area contributed by atoms with Crippen LogP contribution in [0.5, 0.6) is 0 Å². The van der Waals surface area contributed by atoms with Gasteiger partial charge in [-0.3, -0.25) is 4.79 Å². The zero-order chi connectivity index (χ0) is 16.1. The Morgan fingerprint density at radius 3 is 2.39 bits per heavy atom. The summed E-state index contributed by atoms with van der Waals surface area (Å²) in [5.41, 5.74) is 1.52. The number of hydrogen-bond donors (Lipinski definition) is 1. The summed E-state index contributed by atoms with van der Waals surface area (Å²) >= 11 is 0. The van der Waals surface area contributed by atoms with Gasteiger partial charge in [0, 0.05) is 38.1 Å². The number of aromatic amines is 1. The summed E-state index contributed by atoms with van der Waals surface area (Å²) in [5.74, 6) is -0.663. The van der Waals surface area contributed by atoms with Crippen molar-refractivity contribution in [1.29, 1.82) is 0 Å². The van der Waals surface area contributed by atoms with E-state index < -0.39 is 5.97 Å². The molecule has 0 saturated carbocycles. The second-order valence-corrected chi connectivity index (χ2v) is 5.36. The zero-order valence-corrected chi connectivity index (χ0v) is 12.8. The lowest BCUT2D eigenvalue weighted by molar-refractivity contribution is -0.134. The van der Waals surface area contributed by atoms with Gasteiger partial charge in [0.15, 0.2) is 6.61 Å². The number of anilines is 1. The highest BCUT2D eigenvalue weighted by molar-refractivity contribution is 5.89. The van der Waals surface area contributed by atoms with Crippen LogP contribution in [0.3, 0.4) is 0 Å². The number of hydrogen-bond acceptors (Lipinski definition) is 4. The van der Waals surface area contributed by atoms with Crippen molar-refractivity contribution in [1.82, 2.24) is 9.88 Å². The fourth-order valence-electron chi connectivity index (χ4n) is 2.61. The average Bonchev–Trinajstić information content (AvgIpc) is 3.15. The van der Waals surface area contributed by atoms with Crippen molar-refractivity contribution >= 4 is 17.6 Å². The van der Waals surface area contributed by atoms with Crippen molar-refractivity contribution in [3.8, 4) is 0 Å². The number of carbonyl (C=O) groups is 2. The van der Waals surface area contributed by atoms with Crippen LogP contribution in [0.15, 0.2) is 48.7 Å². The molecule has 0 unspecified atom stereocenters. The number of piperazine rings is 1. The van der Waals surface area contributed by atoms with E-state index in [0.29, 0.717) is 18.8 Å². The molecule has 1 aromatic carbocycles. The molecule has 6 nitrogen and oxygen atoms in total. The maximum atomic E-state index is 12.1. The van der Waals surface area contributed by atoms with Gasteiger partial charge in [0.05, 0.1) is 0 Å². The molecule has 0 bridgehead atoms. The quantitative estimate of drug-likeness (QED) is 0.869. The highest BCUT2D eigenvalue weighted by Gasteiger charge is 2.22. The number of carbonyl (C=O) groups excluding carboxylic acids is 2. The molecule has 1 amide bonds. The lowest BCUT2D eigenvalue weighted by Crippen LogP contribution is -2.49. The third-order valence-corrected chi connectivity index (χ3v) is 3.90. The summed E-state index contributed by atoms with van der Waals surface area (Å²) in [6, 6.07) is 13.5. The Bertz CT molecular complexity index is 647. The van der Waals surface area contributed by atoms with Crippen molar-refractivity contribution in [2.75, 3.05) is 37.7 Å². The van der Waals surface area contributed by atoms with Crippen LogP contribution in [0.25, 0.3) is 0 Å². The van der Waals surface area contributed by atoms with E-state index in [1.54, 1.807) is 23.2 Å². The highest BCUT2D eigenvalue weighted by Crippen LogP contribution is 2.15. The summed E-state index contributed by atoms with van der Waals surface area (Å²) in [6.45, 7) is 2.60. The van der Waals surface area contributed by atoms with E-state index in [1.807, 2.05) is 18.2 Å². The Morgan fingerprint density at radius 2 is 1.74 bits per heavy atom. The third-order valence-electron chi connectivity index (χ3n) is 3.90. The first-order valence-electron chi connectivity index (χ1n) is 7.62. The van der Waals surface area contributed by atoms with Crippen LogP contribution in [0.4, 0.5) is 5.69 Å². The van der Waals surface area contributed by atoms with Crippen LogP contribution in [0.2, 0.25) is 0 Å². The smallest absolute Gasteiger partial charge is 0.355 e. The van der Waals surface area contributed by atoms with Gasteiger partial charge in [0.1, 0.15) is 5.69 Å². The topological polar surface area (TPSA) is 65.6 Å². The normalized spacial score (nSPS) is 14.6. The largest absolute Gasteiger partial charge is 0.451 e. The Kier molecular flexibility index (Phi) is 4.61. The van der Waals surface area contributed by atoms with Gasteiger partial charge in [0.25, 0.3) is 5.91 Å². The SMILES string of the molecule is O=C(OCC(=O)N1CCN(c2ccccc2)CC1)c1ccc[nH]1. The first kappa shape index (κ1) is 15.1. The molecule has 1 aromatic heterocycles. The maximum absolute atomic E-state index is 12.1. The molecule has 0 atom stereocenters. The van der Waals surface area contributed by atoms with E-state index in [9.17, 15) is 9.59 Å². The highest BCUT2D eigenvalue weighted by atomic mass is 16.5. The van der Waals surface area contributed by atoms with E-state index in [-0.39, 0.29) is 12.5 Å². The first-order valence-corrected chi connectivity index (χ1v) is 7.62. The van der Waals surface area contributed by atoms with Gasteiger partial charge in [-0.2, -0.15) is 0 Å². The maximum Gasteiger partial charge on any atom is 0.355 e. The molecule has 1 saturated heterocycles. The number of nitrogens with one attached hydrogen (secondary N) is 1.